The van der Waals surface area contributed by atoms with Crippen molar-refractivity contribution < 1.29 is 4.74 Å². The van der Waals surface area contributed by atoms with Crippen LogP contribution in [0.1, 0.15) is 45.0 Å². The Labute approximate surface area is 113 Å². The molecule has 0 amide bonds. The zero-order valence-electron chi connectivity index (χ0n) is 11.7. The minimum atomic E-state index is 0.366. The van der Waals surface area contributed by atoms with E-state index in [4.69, 9.17) is 4.74 Å². The van der Waals surface area contributed by atoms with Crippen LogP contribution in [0.5, 0.6) is 0 Å². The van der Waals surface area contributed by atoms with Crippen molar-refractivity contribution in [3.8, 4) is 0 Å². The average Bonchev–Trinajstić information content (AvgIpc) is 2.71. The number of aromatic nitrogens is 2. The quantitative estimate of drug-likeness (QED) is 0.911. The summed E-state index contributed by atoms with van der Waals surface area (Å²) in [6.07, 6.45) is 3.98. The lowest BCUT2D eigenvalue weighted by atomic mass is 9.71. The van der Waals surface area contributed by atoms with Gasteiger partial charge in [-0.3, -0.25) is 0 Å². The van der Waals surface area contributed by atoms with E-state index in [0.29, 0.717) is 18.1 Å². The fraction of sp³-hybridized carbons (Fsp3) is 0.846. The van der Waals surface area contributed by atoms with E-state index in [0.717, 1.165) is 22.5 Å². The van der Waals surface area contributed by atoms with Gasteiger partial charge < -0.3 is 10.1 Å². The van der Waals surface area contributed by atoms with Crippen LogP contribution in [0.4, 0.5) is 5.13 Å². The molecule has 0 aliphatic heterocycles. The van der Waals surface area contributed by atoms with Gasteiger partial charge in [-0.25, -0.2) is 0 Å². The van der Waals surface area contributed by atoms with Gasteiger partial charge in [0, 0.05) is 7.05 Å². The van der Waals surface area contributed by atoms with Crippen molar-refractivity contribution in [2.24, 2.45) is 11.3 Å². The molecule has 1 aromatic rings. The van der Waals surface area contributed by atoms with E-state index >= 15 is 0 Å². The summed E-state index contributed by atoms with van der Waals surface area (Å²) in [4.78, 5) is 0. The number of hydrogen-bond donors (Lipinski definition) is 1. The van der Waals surface area contributed by atoms with Crippen LogP contribution in [0.25, 0.3) is 0 Å². The van der Waals surface area contributed by atoms with Gasteiger partial charge in [0.2, 0.25) is 5.13 Å². The maximum absolute atomic E-state index is 6.01. The molecule has 1 aromatic heterocycles. The monoisotopic (exact) mass is 269 g/mol. The summed E-state index contributed by atoms with van der Waals surface area (Å²) >= 11 is 1.56. The highest BCUT2D eigenvalue weighted by atomic mass is 32.1. The second kappa shape index (κ2) is 5.53. The van der Waals surface area contributed by atoms with Gasteiger partial charge >= 0.3 is 0 Å². The predicted molar refractivity (Wildman–Crippen MR) is 74.8 cm³/mol. The van der Waals surface area contributed by atoms with Crippen molar-refractivity contribution in [1.82, 2.24) is 10.2 Å². The average molecular weight is 269 g/mol. The molecule has 0 aromatic carbocycles. The molecule has 18 heavy (non-hydrogen) atoms. The first-order valence-electron chi connectivity index (χ1n) is 6.60. The highest BCUT2D eigenvalue weighted by Gasteiger charge is 2.32. The van der Waals surface area contributed by atoms with Crippen molar-refractivity contribution in [3.63, 3.8) is 0 Å². The van der Waals surface area contributed by atoms with Gasteiger partial charge in [-0.15, -0.1) is 10.2 Å². The number of nitrogens with zero attached hydrogens (tertiary/aromatic N) is 2. The molecule has 2 atom stereocenters. The molecule has 1 aliphatic rings. The zero-order chi connectivity index (χ0) is 13.2. The van der Waals surface area contributed by atoms with Crippen molar-refractivity contribution in [2.75, 3.05) is 12.4 Å². The van der Waals surface area contributed by atoms with Crippen LogP contribution in [0, 0.1) is 11.3 Å². The maximum Gasteiger partial charge on any atom is 0.205 e. The second-order valence-electron chi connectivity index (χ2n) is 6.10. The molecule has 102 valence electrons. The summed E-state index contributed by atoms with van der Waals surface area (Å²) in [6.45, 7) is 7.58. The van der Waals surface area contributed by atoms with Crippen LogP contribution in [-0.4, -0.2) is 23.3 Å². The van der Waals surface area contributed by atoms with E-state index in [-0.39, 0.29) is 0 Å². The van der Waals surface area contributed by atoms with E-state index in [2.05, 4.69) is 36.3 Å². The summed E-state index contributed by atoms with van der Waals surface area (Å²) in [6, 6.07) is 0. The van der Waals surface area contributed by atoms with Crippen LogP contribution >= 0.6 is 11.3 Å². The van der Waals surface area contributed by atoms with Crippen molar-refractivity contribution in [1.29, 1.82) is 0 Å². The smallest absolute Gasteiger partial charge is 0.205 e. The fourth-order valence-corrected chi connectivity index (χ4v) is 3.60. The van der Waals surface area contributed by atoms with Gasteiger partial charge in [0.25, 0.3) is 0 Å². The molecule has 1 saturated carbocycles. The highest BCUT2D eigenvalue weighted by molar-refractivity contribution is 7.15. The minimum absolute atomic E-state index is 0.366. The Hall–Kier alpha value is -0.680. The van der Waals surface area contributed by atoms with E-state index in [1.807, 2.05) is 7.05 Å². The predicted octanol–water partition coefficient (Wildman–Crippen LogP) is 3.31. The Balaban J connectivity index is 1.86. The number of hydrogen-bond acceptors (Lipinski definition) is 5. The summed E-state index contributed by atoms with van der Waals surface area (Å²) < 4.78 is 6.01. The Morgan fingerprint density at radius 1 is 1.39 bits per heavy atom. The van der Waals surface area contributed by atoms with E-state index in [9.17, 15) is 0 Å². The topological polar surface area (TPSA) is 47.0 Å². The molecule has 2 rings (SSSR count). The molecule has 2 unspecified atom stereocenters. The van der Waals surface area contributed by atoms with E-state index in [1.54, 1.807) is 11.3 Å². The molecule has 0 bridgehead atoms. The largest absolute Gasteiger partial charge is 0.371 e. The SMILES string of the molecule is CNc1nnc(COC2CC(C)CC(C)(C)C2)s1. The number of rotatable bonds is 4. The van der Waals surface area contributed by atoms with Crippen molar-refractivity contribution >= 4 is 16.5 Å². The van der Waals surface area contributed by atoms with Crippen molar-refractivity contribution in [3.05, 3.63) is 5.01 Å². The molecule has 5 heteroatoms. The lowest BCUT2D eigenvalue weighted by molar-refractivity contribution is -0.0318. The van der Waals surface area contributed by atoms with Gasteiger partial charge in [-0.05, 0) is 30.6 Å². The van der Waals surface area contributed by atoms with Crippen LogP contribution in [0.2, 0.25) is 0 Å². The number of anilines is 1. The lowest BCUT2D eigenvalue weighted by Gasteiger charge is -2.38. The molecule has 1 fully saturated rings. The Morgan fingerprint density at radius 3 is 2.78 bits per heavy atom. The zero-order valence-corrected chi connectivity index (χ0v) is 12.5. The maximum atomic E-state index is 6.01. The molecule has 1 heterocycles. The molecule has 0 saturated heterocycles. The Kier molecular flexibility index (Phi) is 4.22. The summed E-state index contributed by atoms with van der Waals surface area (Å²) in [5.41, 5.74) is 0.402. The third-order valence-corrected chi connectivity index (χ3v) is 4.38. The molecule has 0 radical (unpaired) electrons. The molecule has 1 aliphatic carbocycles. The van der Waals surface area contributed by atoms with Gasteiger partial charge in [-0.2, -0.15) is 0 Å². The molecule has 0 spiro atoms. The molecular formula is C13H23N3OS. The van der Waals surface area contributed by atoms with Gasteiger partial charge in [0.15, 0.2) is 0 Å². The summed E-state index contributed by atoms with van der Waals surface area (Å²) in [7, 11) is 1.86. The second-order valence-corrected chi connectivity index (χ2v) is 7.16. The normalized spacial score (nSPS) is 27.1. The van der Waals surface area contributed by atoms with Crippen molar-refractivity contribution in [2.45, 2.75) is 52.7 Å². The van der Waals surface area contributed by atoms with Crippen LogP contribution in [0.15, 0.2) is 0 Å². The first-order valence-corrected chi connectivity index (χ1v) is 7.42. The van der Waals surface area contributed by atoms with Gasteiger partial charge in [0.05, 0.1) is 6.10 Å². The van der Waals surface area contributed by atoms with Crippen LogP contribution in [-0.2, 0) is 11.3 Å². The molecular weight excluding hydrogens is 246 g/mol. The minimum Gasteiger partial charge on any atom is -0.371 e. The van der Waals surface area contributed by atoms with E-state index < -0.39 is 0 Å². The highest BCUT2D eigenvalue weighted by Crippen LogP contribution is 2.39. The van der Waals surface area contributed by atoms with E-state index in [1.165, 1.54) is 12.8 Å². The fourth-order valence-electron chi connectivity index (χ4n) is 2.99. The first kappa shape index (κ1) is 13.7. The third kappa shape index (κ3) is 3.65. The third-order valence-electron chi connectivity index (χ3n) is 3.47. The van der Waals surface area contributed by atoms with Crippen LogP contribution in [0.3, 0.4) is 0 Å². The first-order chi connectivity index (χ1) is 8.48. The van der Waals surface area contributed by atoms with Crippen LogP contribution < -0.4 is 5.32 Å². The van der Waals surface area contributed by atoms with Gasteiger partial charge in [-0.1, -0.05) is 32.1 Å². The summed E-state index contributed by atoms with van der Waals surface area (Å²) in [5, 5.41) is 12.9. The standard InChI is InChI=1S/C13H23N3OS/c1-9-5-10(7-13(2,3)6-9)17-8-11-15-16-12(14-4)18-11/h9-10H,5-8H2,1-4H3,(H,14,16). The van der Waals surface area contributed by atoms with Gasteiger partial charge in [0.1, 0.15) is 11.6 Å². The number of ether oxygens (including phenoxy) is 1. The Bertz CT molecular complexity index is 391. The lowest BCUT2D eigenvalue weighted by Crippen LogP contribution is -2.32. The number of nitrogens with one attached hydrogen (secondary N) is 1. The molecule has 1 N–H and O–H groups in total. The Morgan fingerprint density at radius 2 is 2.17 bits per heavy atom. The summed E-state index contributed by atoms with van der Waals surface area (Å²) in [5.74, 6) is 0.751. The molecule has 4 nitrogen and oxygen atoms in total.